The largest absolute Gasteiger partial charge is 0.331 e. The van der Waals surface area contributed by atoms with Crippen molar-refractivity contribution in [1.82, 2.24) is 19.7 Å². The van der Waals surface area contributed by atoms with Crippen molar-refractivity contribution in [3.63, 3.8) is 0 Å². The minimum absolute atomic E-state index is 0.253. The molecule has 3 aromatic rings. The van der Waals surface area contributed by atoms with Gasteiger partial charge in [0, 0.05) is 25.0 Å². The van der Waals surface area contributed by atoms with E-state index >= 15 is 0 Å². The van der Waals surface area contributed by atoms with Crippen molar-refractivity contribution in [1.29, 1.82) is 0 Å². The summed E-state index contributed by atoms with van der Waals surface area (Å²) in [5.74, 6) is 0.162. The van der Waals surface area contributed by atoms with Gasteiger partial charge in [0.15, 0.2) is 0 Å². The van der Waals surface area contributed by atoms with E-state index in [0.717, 1.165) is 11.3 Å². The highest BCUT2D eigenvalue weighted by Crippen LogP contribution is 2.18. The summed E-state index contributed by atoms with van der Waals surface area (Å²) in [5, 5.41) is 7.03. The lowest BCUT2D eigenvalue weighted by Gasteiger charge is -2.01. The van der Waals surface area contributed by atoms with Crippen LogP contribution in [0.25, 0.3) is 11.3 Å². The second-order valence-electron chi connectivity index (χ2n) is 4.30. The molecular formula is C14H13N5O. The summed E-state index contributed by atoms with van der Waals surface area (Å²) in [7, 11) is 1.74. The van der Waals surface area contributed by atoms with E-state index in [9.17, 15) is 4.79 Å². The van der Waals surface area contributed by atoms with Crippen molar-refractivity contribution < 1.29 is 4.79 Å². The van der Waals surface area contributed by atoms with Gasteiger partial charge in [-0.1, -0.05) is 30.3 Å². The van der Waals surface area contributed by atoms with Crippen molar-refractivity contribution in [2.24, 2.45) is 7.05 Å². The van der Waals surface area contributed by atoms with Crippen LogP contribution in [0.4, 0.5) is 5.95 Å². The van der Waals surface area contributed by atoms with Gasteiger partial charge >= 0.3 is 0 Å². The molecule has 20 heavy (non-hydrogen) atoms. The first-order valence-corrected chi connectivity index (χ1v) is 6.14. The number of anilines is 1. The van der Waals surface area contributed by atoms with E-state index in [0.29, 0.717) is 11.6 Å². The van der Waals surface area contributed by atoms with E-state index in [2.05, 4.69) is 20.4 Å². The quantitative estimate of drug-likeness (QED) is 0.762. The van der Waals surface area contributed by atoms with Gasteiger partial charge in [-0.2, -0.15) is 5.10 Å². The topological polar surface area (TPSA) is 75.6 Å². The molecule has 2 heterocycles. The molecule has 0 aliphatic carbocycles. The molecule has 0 spiro atoms. The number of hydrogen-bond acceptors (Lipinski definition) is 3. The monoisotopic (exact) mass is 267 g/mol. The number of aromatic amines is 1. The summed E-state index contributed by atoms with van der Waals surface area (Å²) < 4.78 is 1.56. The van der Waals surface area contributed by atoms with Gasteiger partial charge in [-0.3, -0.25) is 14.8 Å². The highest BCUT2D eigenvalue weighted by atomic mass is 16.2. The zero-order valence-electron chi connectivity index (χ0n) is 10.9. The number of imidazole rings is 1. The third-order valence-electron chi connectivity index (χ3n) is 2.91. The van der Waals surface area contributed by atoms with E-state index in [-0.39, 0.29) is 5.91 Å². The van der Waals surface area contributed by atoms with Crippen LogP contribution in [0.2, 0.25) is 0 Å². The van der Waals surface area contributed by atoms with Crippen molar-refractivity contribution in [3.05, 3.63) is 54.5 Å². The number of carbonyl (C=O) groups excluding carboxylic acids is 1. The fourth-order valence-electron chi connectivity index (χ4n) is 1.93. The lowest BCUT2D eigenvalue weighted by molar-refractivity contribution is 0.101. The summed E-state index contributed by atoms with van der Waals surface area (Å²) in [5.41, 5.74) is 2.21. The maximum absolute atomic E-state index is 12.1. The van der Waals surface area contributed by atoms with Crippen molar-refractivity contribution in [2.75, 3.05) is 5.32 Å². The molecule has 0 unspecified atom stereocenters. The first-order valence-electron chi connectivity index (χ1n) is 6.14. The van der Waals surface area contributed by atoms with Crippen LogP contribution in [0.15, 0.2) is 48.8 Å². The molecule has 0 aliphatic rings. The van der Waals surface area contributed by atoms with E-state index in [1.807, 2.05) is 30.3 Å². The second-order valence-corrected chi connectivity index (χ2v) is 4.30. The van der Waals surface area contributed by atoms with Crippen molar-refractivity contribution in [2.45, 2.75) is 0 Å². The Bertz CT molecular complexity index is 715. The number of amides is 1. The number of nitrogens with one attached hydrogen (secondary N) is 2. The number of hydrogen-bond donors (Lipinski definition) is 2. The number of aryl methyl sites for hydroxylation is 1. The van der Waals surface area contributed by atoms with E-state index < -0.39 is 0 Å². The summed E-state index contributed by atoms with van der Waals surface area (Å²) in [6, 6.07) is 11.5. The van der Waals surface area contributed by atoms with Gasteiger partial charge in [-0.25, -0.2) is 4.98 Å². The Kier molecular flexibility index (Phi) is 3.04. The predicted molar refractivity (Wildman–Crippen MR) is 75.2 cm³/mol. The number of carbonyl (C=O) groups is 1. The fourth-order valence-corrected chi connectivity index (χ4v) is 1.93. The molecule has 2 N–H and O–H groups in total. The molecule has 1 aromatic carbocycles. The molecule has 0 fully saturated rings. The molecule has 6 heteroatoms. The molecule has 0 atom stereocenters. The minimum atomic E-state index is -0.253. The Morgan fingerprint density at radius 1 is 1.30 bits per heavy atom. The molecule has 2 aromatic heterocycles. The SMILES string of the molecule is Cn1nc(-c2ccccc2)cc1C(=O)Nc1ncc[nH]1. The van der Waals surface area contributed by atoms with Gasteiger partial charge in [-0.05, 0) is 6.07 Å². The van der Waals surface area contributed by atoms with Gasteiger partial charge in [0.2, 0.25) is 5.95 Å². The lowest BCUT2D eigenvalue weighted by Crippen LogP contribution is -2.16. The van der Waals surface area contributed by atoms with Crippen LogP contribution < -0.4 is 5.32 Å². The number of nitrogens with zero attached hydrogens (tertiary/aromatic N) is 3. The van der Waals surface area contributed by atoms with E-state index in [4.69, 9.17) is 0 Å². The first-order chi connectivity index (χ1) is 9.74. The third kappa shape index (κ3) is 2.31. The number of benzene rings is 1. The summed E-state index contributed by atoms with van der Waals surface area (Å²) in [4.78, 5) is 18.9. The molecule has 0 radical (unpaired) electrons. The van der Waals surface area contributed by atoms with Crippen LogP contribution in [0, 0.1) is 0 Å². The van der Waals surface area contributed by atoms with Crippen molar-refractivity contribution >= 4 is 11.9 Å². The van der Waals surface area contributed by atoms with Crippen LogP contribution in [-0.4, -0.2) is 25.7 Å². The molecule has 0 bridgehead atoms. The first kappa shape index (κ1) is 12.2. The average Bonchev–Trinajstić information content (AvgIpc) is 3.09. The van der Waals surface area contributed by atoms with Gasteiger partial charge < -0.3 is 4.98 Å². The van der Waals surface area contributed by atoms with Crippen molar-refractivity contribution in [3.8, 4) is 11.3 Å². The normalized spacial score (nSPS) is 10.4. The lowest BCUT2D eigenvalue weighted by atomic mass is 10.1. The number of H-pyrrole nitrogens is 1. The fraction of sp³-hybridized carbons (Fsp3) is 0.0714. The van der Waals surface area contributed by atoms with E-state index in [1.165, 1.54) is 0 Å². The smallest absolute Gasteiger partial charge is 0.276 e. The molecule has 0 aliphatic heterocycles. The van der Waals surface area contributed by atoms with Crippen LogP contribution in [-0.2, 0) is 7.05 Å². The highest BCUT2D eigenvalue weighted by molar-refractivity contribution is 6.02. The van der Waals surface area contributed by atoms with Crippen LogP contribution in [0.5, 0.6) is 0 Å². The minimum Gasteiger partial charge on any atom is -0.331 e. The molecule has 3 rings (SSSR count). The maximum atomic E-state index is 12.1. The number of rotatable bonds is 3. The van der Waals surface area contributed by atoms with Gasteiger partial charge in [0.1, 0.15) is 5.69 Å². The zero-order chi connectivity index (χ0) is 13.9. The average molecular weight is 267 g/mol. The molecule has 0 saturated carbocycles. The molecule has 6 nitrogen and oxygen atoms in total. The third-order valence-corrected chi connectivity index (χ3v) is 2.91. The molecular weight excluding hydrogens is 254 g/mol. The highest BCUT2D eigenvalue weighted by Gasteiger charge is 2.14. The Morgan fingerprint density at radius 2 is 2.10 bits per heavy atom. The Balaban J connectivity index is 1.88. The maximum Gasteiger partial charge on any atom is 0.276 e. The zero-order valence-corrected chi connectivity index (χ0v) is 10.9. The second kappa shape index (κ2) is 5.00. The van der Waals surface area contributed by atoms with Gasteiger partial charge in [0.25, 0.3) is 5.91 Å². The molecule has 100 valence electrons. The standard InChI is InChI=1S/C14H13N5O/c1-19-12(13(20)17-14-15-7-8-16-14)9-11(18-19)10-5-3-2-4-6-10/h2-9H,1H3,(H2,15,16,17,20). The summed E-state index contributed by atoms with van der Waals surface area (Å²) in [6.07, 6.45) is 3.22. The molecule has 1 amide bonds. The van der Waals surface area contributed by atoms with E-state index in [1.54, 1.807) is 30.2 Å². The Labute approximate surface area is 115 Å². The van der Waals surface area contributed by atoms with Crippen LogP contribution >= 0.6 is 0 Å². The number of aromatic nitrogens is 4. The molecule has 0 saturated heterocycles. The summed E-state index contributed by atoms with van der Waals surface area (Å²) in [6.45, 7) is 0. The van der Waals surface area contributed by atoms with Gasteiger partial charge in [-0.15, -0.1) is 0 Å². The van der Waals surface area contributed by atoms with Crippen LogP contribution in [0.1, 0.15) is 10.5 Å². The van der Waals surface area contributed by atoms with Gasteiger partial charge in [0.05, 0.1) is 5.69 Å². The summed E-state index contributed by atoms with van der Waals surface area (Å²) >= 11 is 0. The Morgan fingerprint density at radius 3 is 2.80 bits per heavy atom. The Hall–Kier alpha value is -2.89. The predicted octanol–water partition coefficient (Wildman–Crippen LogP) is 2.06. The van der Waals surface area contributed by atoms with Crippen LogP contribution in [0.3, 0.4) is 0 Å².